The summed E-state index contributed by atoms with van der Waals surface area (Å²) in [6, 6.07) is 8.35. The molecule has 1 aliphatic heterocycles. The first kappa shape index (κ1) is 18.2. The van der Waals surface area contributed by atoms with Gasteiger partial charge in [-0.2, -0.15) is 0 Å². The third-order valence-corrected chi connectivity index (χ3v) is 4.06. The number of ether oxygens (including phenoxy) is 2. The molecule has 5 heteroatoms. The van der Waals surface area contributed by atoms with Crippen molar-refractivity contribution in [1.82, 2.24) is 5.32 Å². The standard InChI is InChI=1S/C19H25NO4/c1-13(2)11-16-12-15(9-10-24-16)18(21)20-17(19(22)23-3)14-7-5-4-6-8-14/h4-8,11,15-17H,9-10,12H2,1-3H3,(H,20,21)/t15-,16+,17+/m1/s1. The summed E-state index contributed by atoms with van der Waals surface area (Å²) < 4.78 is 10.5. The van der Waals surface area contributed by atoms with Gasteiger partial charge in [0.2, 0.25) is 5.91 Å². The van der Waals surface area contributed by atoms with Gasteiger partial charge in [-0.3, -0.25) is 4.79 Å². The smallest absolute Gasteiger partial charge is 0.333 e. The minimum atomic E-state index is -0.784. The van der Waals surface area contributed by atoms with Crippen molar-refractivity contribution in [1.29, 1.82) is 0 Å². The minimum absolute atomic E-state index is 0.0483. The second-order valence-electron chi connectivity index (χ2n) is 6.25. The molecular weight excluding hydrogens is 306 g/mol. The fraction of sp³-hybridized carbons (Fsp3) is 0.474. The van der Waals surface area contributed by atoms with Crippen LogP contribution in [0.2, 0.25) is 0 Å². The molecule has 1 aromatic rings. The summed E-state index contributed by atoms with van der Waals surface area (Å²) in [5.41, 5.74) is 1.88. The molecule has 0 aromatic heterocycles. The van der Waals surface area contributed by atoms with E-state index in [4.69, 9.17) is 9.47 Å². The number of carbonyl (C=O) groups excluding carboxylic acids is 2. The van der Waals surface area contributed by atoms with Crippen molar-refractivity contribution in [2.45, 2.75) is 38.8 Å². The topological polar surface area (TPSA) is 64.6 Å². The Kier molecular flexibility index (Phi) is 6.55. The Hall–Kier alpha value is -2.14. The van der Waals surface area contributed by atoms with Gasteiger partial charge in [-0.25, -0.2) is 4.79 Å². The number of esters is 1. The molecule has 0 radical (unpaired) electrons. The normalized spacial score (nSPS) is 21.5. The number of hydrogen-bond acceptors (Lipinski definition) is 4. The molecular formula is C19H25NO4. The van der Waals surface area contributed by atoms with Crippen LogP contribution in [-0.2, 0) is 19.1 Å². The molecule has 1 amide bonds. The van der Waals surface area contributed by atoms with Gasteiger partial charge in [0.15, 0.2) is 6.04 Å². The highest BCUT2D eigenvalue weighted by atomic mass is 16.5. The van der Waals surface area contributed by atoms with Gasteiger partial charge in [-0.1, -0.05) is 42.0 Å². The van der Waals surface area contributed by atoms with E-state index in [9.17, 15) is 9.59 Å². The average Bonchev–Trinajstić information content (AvgIpc) is 2.59. The molecule has 0 unspecified atom stereocenters. The van der Waals surface area contributed by atoms with Gasteiger partial charge in [0.25, 0.3) is 0 Å². The maximum Gasteiger partial charge on any atom is 0.333 e. The Bertz CT molecular complexity index is 593. The zero-order valence-corrected chi connectivity index (χ0v) is 14.5. The molecule has 130 valence electrons. The van der Waals surface area contributed by atoms with Crippen molar-refractivity contribution in [3.63, 3.8) is 0 Å². The molecule has 0 saturated carbocycles. The van der Waals surface area contributed by atoms with Crippen molar-refractivity contribution < 1.29 is 19.1 Å². The number of hydrogen-bond donors (Lipinski definition) is 1. The van der Waals surface area contributed by atoms with Crippen LogP contribution in [-0.4, -0.2) is 31.7 Å². The summed E-state index contributed by atoms with van der Waals surface area (Å²) in [5.74, 6) is -0.776. The first-order valence-corrected chi connectivity index (χ1v) is 8.21. The van der Waals surface area contributed by atoms with E-state index in [1.54, 1.807) is 12.1 Å². The molecule has 24 heavy (non-hydrogen) atoms. The Morgan fingerprint density at radius 3 is 2.62 bits per heavy atom. The van der Waals surface area contributed by atoms with E-state index < -0.39 is 12.0 Å². The number of nitrogens with one attached hydrogen (secondary N) is 1. The molecule has 1 heterocycles. The predicted octanol–water partition coefficient (Wildman–Crippen LogP) is 2.78. The second-order valence-corrected chi connectivity index (χ2v) is 6.25. The summed E-state index contributed by atoms with van der Waals surface area (Å²) in [6.07, 6.45) is 3.27. The van der Waals surface area contributed by atoms with E-state index in [0.29, 0.717) is 25.0 Å². The van der Waals surface area contributed by atoms with Gasteiger partial charge in [0, 0.05) is 12.5 Å². The lowest BCUT2D eigenvalue weighted by atomic mass is 9.93. The van der Waals surface area contributed by atoms with Gasteiger partial charge in [0.05, 0.1) is 13.2 Å². The van der Waals surface area contributed by atoms with E-state index in [-0.39, 0.29) is 17.9 Å². The van der Waals surface area contributed by atoms with Crippen molar-refractivity contribution in [2.24, 2.45) is 5.92 Å². The number of benzene rings is 1. The zero-order chi connectivity index (χ0) is 17.5. The molecule has 5 nitrogen and oxygen atoms in total. The highest BCUT2D eigenvalue weighted by Crippen LogP contribution is 2.24. The molecule has 1 aliphatic rings. The lowest BCUT2D eigenvalue weighted by Crippen LogP contribution is -2.41. The van der Waals surface area contributed by atoms with Crippen LogP contribution in [0.3, 0.4) is 0 Å². The van der Waals surface area contributed by atoms with Gasteiger partial charge in [-0.15, -0.1) is 0 Å². The predicted molar refractivity (Wildman–Crippen MR) is 91.2 cm³/mol. The SMILES string of the molecule is COC(=O)[C@@H](NC(=O)[C@@H]1CCO[C@@H](C=C(C)C)C1)c1ccccc1. The van der Waals surface area contributed by atoms with Crippen LogP contribution in [0.1, 0.15) is 38.3 Å². The zero-order valence-electron chi connectivity index (χ0n) is 14.5. The summed E-state index contributed by atoms with van der Waals surface area (Å²) >= 11 is 0. The van der Waals surface area contributed by atoms with Crippen molar-refractivity contribution in [3.05, 3.63) is 47.5 Å². The highest BCUT2D eigenvalue weighted by Gasteiger charge is 2.31. The van der Waals surface area contributed by atoms with E-state index in [2.05, 4.69) is 5.32 Å². The van der Waals surface area contributed by atoms with Gasteiger partial charge >= 0.3 is 5.97 Å². The molecule has 1 aromatic carbocycles. The minimum Gasteiger partial charge on any atom is -0.467 e. The van der Waals surface area contributed by atoms with Crippen LogP contribution >= 0.6 is 0 Å². The van der Waals surface area contributed by atoms with Crippen molar-refractivity contribution >= 4 is 11.9 Å². The van der Waals surface area contributed by atoms with Crippen molar-refractivity contribution in [3.8, 4) is 0 Å². The lowest BCUT2D eigenvalue weighted by Gasteiger charge is -2.28. The molecule has 3 atom stereocenters. The first-order chi connectivity index (χ1) is 11.5. The molecule has 1 N–H and O–H groups in total. The highest BCUT2D eigenvalue weighted by molar-refractivity contribution is 5.86. The van der Waals surface area contributed by atoms with Crippen LogP contribution in [0.15, 0.2) is 42.0 Å². The lowest BCUT2D eigenvalue weighted by molar-refractivity contribution is -0.146. The van der Waals surface area contributed by atoms with Gasteiger partial charge in [-0.05, 0) is 32.3 Å². The monoisotopic (exact) mass is 331 g/mol. The van der Waals surface area contributed by atoms with E-state index in [1.165, 1.54) is 7.11 Å². The average molecular weight is 331 g/mol. The molecule has 2 rings (SSSR count). The molecule has 1 fully saturated rings. The molecule has 1 saturated heterocycles. The van der Waals surface area contributed by atoms with Crippen LogP contribution in [0, 0.1) is 5.92 Å². The van der Waals surface area contributed by atoms with Crippen LogP contribution < -0.4 is 5.32 Å². The summed E-state index contributed by atoms with van der Waals surface area (Å²) in [6.45, 7) is 4.56. The summed E-state index contributed by atoms with van der Waals surface area (Å²) in [5, 5.41) is 2.84. The molecule has 0 aliphatic carbocycles. The number of methoxy groups -OCH3 is 1. The first-order valence-electron chi connectivity index (χ1n) is 8.21. The van der Waals surface area contributed by atoms with Crippen LogP contribution in [0.5, 0.6) is 0 Å². The van der Waals surface area contributed by atoms with Crippen molar-refractivity contribution in [2.75, 3.05) is 13.7 Å². The Morgan fingerprint density at radius 2 is 2.00 bits per heavy atom. The molecule has 0 spiro atoms. The van der Waals surface area contributed by atoms with Gasteiger partial charge < -0.3 is 14.8 Å². The number of carbonyl (C=O) groups is 2. The largest absolute Gasteiger partial charge is 0.467 e. The quantitative estimate of drug-likeness (QED) is 0.665. The second kappa shape index (κ2) is 8.64. The third kappa shape index (κ3) is 4.93. The van der Waals surface area contributed by atoms with Crippen LogP contribution in [0.25, 0.3) is 0 Å². The fourth-order valence-corrected chi connectivity index (χ4v) is 2.86. The van der Waals surface area contributed by atoms with Crippen LogP contribution in [0.4, 0.5) is 0 Å². The molecule has 0 bridgehead atoms. The van der Waals surface area contributed by atoms with Gasteiger partial charge in [0.1, 0.15) is 0 Å². The summed E-state index contributed by atoms with van der Waals surface area (Å²) in [7, 11) is 1.32. The maximum absolute atomic E-state index is 12.6. The number of amides is 1. The fourth-order valence-electron chi connectivity index (χ4n) is 2.86. The Balaban J connectivity index is 2.07. The van der Waals surface area contributed by atoms with E-state index >= 15 is 0 Å². The Morgan fingerprint density at radius 1 is 1.29 bits per heavy atom. The number of allylic oxidation sites excluding steroid dienone is 1. The number of rotatable bonds is 5. The van der Waals surface area contributed by atoms with E-state index in [0.717, 1.165) is 5.57 Å². The maximum atomic E-state index is 12.6. The Labute approximate surface area is 143 Å². The summed E-state index contributed by atoms with van der Waals surface area (Å²) in [4.78, 5) is 24.7. The third-order valence-electron chi connectivity index (χ3n) is 4.06. The van der Waals surface area contributed by atoms with E-state index in [1.807, 2.05) is 38.1 Å².